The van der Waals surface area contributed by atoms with Gasteiger partial charge in [0.15, 0.2) is 6.29 Å². The van der Waals surface area contributed by atoms with Crippen LogP contribution in [0.2, 0.25) is 0 Å². The van der Waals surface area contributed by atoms with Gasteiger partial charge in [-0.05, 0) is 29.3 Å². The molecule has 0 aromatic heterocycles. The lowest BCUT2D eigenvalue weighted by Crippen LogP contribution is -2.22. The number of anilines is 1. The molecular weight excluding hydrogens is 360 g/mol. The normalized spacial score (nSPS) is 10.8. The van der Waals surface area contributed by atoms with Crippen LogP contribution in [0, 0.1) is 11.3 Å². The maximum absolute atomic E-state index is 11.0. The summed E-state index contributed by atoms with van der Waals surface area (Å²) in [7, 11) is 1.59. The van der Waals surface area contributed by atoms with E-state index in [1.165, 1.54) is 17.2 Å². The molecule has 3 rings (SSSR count). The van der Waals surface area contributed by atoms with E-state index in [2.05, 4.69) is 29.2 Å². The first-order valence-corrected chi connectivity index (χ1v) is 9.31. The van der Waals surface area contributed by atoms with E-state index >= 15 is 0 Å². The van der Waals surface area contributed by atoms with Crippen LogP contribution in [0.1, 0.15) is 16.7 Å². The molecule has 0 atom stereocenters. The highest BCUT2D eigenvalue weighted by Crippen LogP contribution is 2.29. The molecule has 3 aromatic carbocycles. The van der Waals surface area contributed by atoms with Gasteiger partial charge in [-0.25, -0.2) is 0 Å². The van der Waals surface area contributed by atoms with Crippen molar-refractivity contribution < 1.29 is 9.53 Å². The molecule has 0 aliphatic carbocycles. The van der Waals surface area contributed by atoms with E-state index in [1.807, 2.05) is 60.7 Å². The largest absolute Gasteiger partial charge is 0.496 e. The van der Waals surface area contributed by atoms with Crippen LogP contribution in [0.5, 0.6) is 5.75 Å². The Labute approximate surface area is 171 Å². The highest BCUT2D eigenvalue weighted by Gasteiger charge is 2.12. The first kappa shape index (κ1) is 19.9. The van der Waals surface area contributed by atoms with Gasteiger partial charge in [0.05, 0.1) is 12.7 Å². The summed E-state index contributed by atoms with van der Waals surface area (Å²) in [6, 6.07) is 28.3. The minimum Gasteiger partial charge on any atom is -0.496 e. The fourth-order valence-electron chi connectivity index (χ4n) is 3.12. The Morgan fingerprint density at radius 2 is 1.55 bits per heavy atom. The second kappa shape index (κ2) is 9.91. The zero-order valence-electron chi connectivity index (χ0n) is 16.3. The van der Waals surface area contributed by atoms with E-state index in [9.17, 15) is 4.79 Å². The fourth-order valence-corrected chi connectivity index (χ4v) is 3.12. The highest BCUT2D eigenvalue weighted by atomic mass is 16.5. The van der Waals surface area contributed by atoms with Crippen molar-refractivity contribution in [3.63, 3.8) is 0 Å². The van der Waals surface area contributed by atoms with Gasteiger partial charge in [0, 0.05) is 30.4 Å². The number of hydrogen-bond acceptors (Lipinski definition) is 4. The number of allylic oxidation sites excluding steroid dienone is 1. The number of methoxy groups -OCH3 is 1. The van der Waals surface area contributed by atoms with Gasteiger partial charge in [-0.1, -0.05) is 60.7 Å². The van der Waals surface area contributed by atoms with Crippen molar-refractivity contribution >= 4 is 18.0 Å². The molecule has 0 aliphatic heterocycles. The Bertz CT molecular complexity index is 980. The van der Waals surface area contributed by atoms with Crippen LogP contribution in [0.4, 0.5) is 5.69 Å². The third-order valence-electron chi connectivity index (χ3n) is 4.58. The Morgan fingerprint density at radius 1 is 0.966 bits per heavy atom. The number of nitrogens with zero attached hydrogens (tertiary/aromatic N) is 2. The van der Waals surface area contributed by atoms with E-state index in [4.69, 9.17) is 10.00 Å². The Balaban J connectivity index is 1.97. The Kier molecular flexibility index (Phi) is 6.80. The number of carbonyl (C=O) groups excluding carboxylic acids is 1. The third kappa shape index (κ3) is 5.33. The molecule has 0 aliphatic rings. The second-order valence-corrected chi connectivity index (χ2v) is 6.58. The van der Waals surface area contributed by atoms with Gasteiger partial charge in [0.1, 0.15) is 11.8 Å². The standard InChI is InChI=1S/C25H22N2O2/c1-29-25-15-24(13-12-23(25)14-22(16-26)19-28)27(17-20-8-4-2-5-9-20)18-21-10-6-3-7-11-21/h2-15,19H,17-18H2,1H3/b22-14+. The number of rotatable bonds is 8. The van der Waals surface area contributed by atoms with Crippen molar-refractivity contribution in [2.75, 3.05) is 12.0 Å². The zero-order chi connectivity index (χ0) is 20.5. The summed E-state index contributed by atoms with van der Waals surface area (Å²) in [5.41, 5.74) is 4.16. The van der Waals surface area contributed by atoms with E-state index in [-0.39, 0.29) is 5.57 Å². The minimum atomic E-state index is 0.0569. The van der Waals surface area contributed by atoms with Crippen LogP contribution >= 0.6 is 0 Å². The average Bonchev–Trinajstić information content (AvgIpc) is 2.78. The van der Waals surface area contributed by atoms with Crippen molar-refractivity contribution in [2.45, 2.75) is 13.1 Å². The number of carbonyl (C=O) groups is 1. The predicted octanol–water partition coefficient (Wildman–Crippen LogP) is 5.01. The molecule has 144 valence electrons. The molecule has 4 nitrogen and oxygen atoms in total. The summed E-state index contributed by atoms with van der Waals surface area (Å²) in [6.45, 7) is 1.48. The molecule has 4 heteroatoms. The summed E-state index contributed by atoms with van der Waals surface area (Å²) in [5, 5.41) is 9.02. The number of ether oxygens (including phenoxy) is 1. The van der Waals surface area contributed by atoms with Gasteiger partial charge in [-0.15, -0.1) is 0 Å². The second-order valence-electron chi connectivity index (χ2n) is 6.58. The monoisotopic (exact) mass is 382 g/mol. The number of aldehydes is 1. The number of benzene rings is 3. The summed E-state index contributed by atoms with van der Waals surface area (Å²) in [6.07, 6.45) is 2.08. The summed E-state index contributed by atoms with van der Waals surface area (Å²) >= 11 is 0. The molecular formula is C25H22N2O2. The van der Waals surface area contributed by atoms with Crippen LogP contribution in [0.3, 0.4) is 0 Å². The van der Waals surface area contributed by atoms with Crippen molar-refractivity contribution in [3.05, 3.63) is 101 Å². The summed E-state index contributed by atoms with van der Waals surface area (Å²) in [4.78, 5) is 13.3. The molecule has 29 heavy (non-hydrogen) atoms. The van der Waals surface area contributed by atoms with E-state index in [1.54, 1.807) is 7.11 Å². The van der Waals surface area contributed by atoms with Crippen LogP contribution in [-0.4, -0.2) is 13.4 Å². The smallest absolute Gasteiger partial charge is 0.160 e. The van der Waals surface area contributed by atoms with Crippen LogP contribution in [-0.2, 0) is 17.9 Å². The molecule has 0 heterocycles. The first-order valence-electron chi connectivity index (χ1n) is 9.31. The van der Waals surface area contributed by atoms with E-state index in [0.717, 1.165) is 18.8 Å². The lowest BCUT2D eigenvalue weighted by atomic mass is 10.1. The molecule has 0 unspecified atom stereocenters. The van der Waals surface area contributed by atoms with Crippen LogP contribution in [0.25, 0.3) is 6.08 Å². The van der Waals surface area contributed by atoms with Crippen molar-refractivity contribution in [3.8, 4) is 11.8 Å². The first-order chi connectivity index (χ1) is 14.2. The minimum absolute atomic E-state index is 0.0569. The lowest BCUT2D eigenvalue weighted by Gasteiger charge is -2.26. The van der Waals surface area contributed by atoms with Gasteiger partial charge in [-0.2, -0.15) is 5.26 Å². The molecule has 0 N–H and O–H groups in total. The van der Waals surface area contributed by atoms with E-state index in [0.29, 0.717) is 17.6 Å². The third-order valence-corrected chi connectivity index (χ3v) is 4.58. The summed E-state index contributed by atoms with van der Waals surface area (Å²) in [5.74, 6) is 0.614. The zero-order valence-corrected chi connectivity index (χ0v) is 16.3. The molecule has 0 amide bonds. The highest BCUT2D eigenvalue weighted by molar-refractivity contribution is 5.87. The van der Waals surface area contributed by atoms with Gasteiger partial charge in [0.2, 0.25) is 0 Å². The predicted molar refractivity (Wildman–Crippen MR) is 115 cm³/mol. The number of nitriles is 1. The van der Waals surface area contributed by atoms with E-state index < -0.39 is 0 Å². The molecule has 0 saturated heterocycles. The fraction of sp³-hybridized carbons (Fsp3) is 0.120. The number of hydrogen-bond donors (Lipinski definition) is 0. The van der Waals surface area contributed by atoms with Gasteiger partial charge in [-0.3, -0.25) is 4.79 Å². The Hall–Kier alpha value is -3.84. The van der Waals surface area contributed by atoms with Crippen molar-refractivity contribution in [1.82, 2.24) is 0 Å². The van der Waals surface area contributed by atoms with Crippen molar-refractivity contribution in [1.29, 1.82) is 5.26 Å². The molecule has 0 fully saturated rings. The quantitative estimate of drug-likeness (QED) is 0.312. The summed E-state index contributed by atoms with van der Waals surface area (Å²) < 4.78 is 5.53. The SMILES string of the molecule is COc1cc(N(Cc2ccccc2)Cc2ccccc2)ccc1/C=C(\C#N)C=O. The average molecular weight is 382 g/mol. The molecule has 0 radical (unpaired) electrons. The maximum Gasteiger partial charge on any atom is 0.160 e. The van der Waals surface area contributed by atoms with Gasteiger partial charge in [0.25, 0.3) is 0 Å². The molecule has 0 saturated carbocycles. The topological polar surface area (TPSA) is 53.3 Å². The lowest BCUT2D eigenvalue weighted by molar-refractivity contribution is -0.104. The van der Waals surface area contributed by atoms with Crippen LogP contribution < -0.4 is 9.64 Å². The molecule has 0 bridgehead atoms. The Morgan fingerprint density at radius 3 is 2.03 bits per heavy atom. The maximum atomic E-state index is 11.0. The molecule has 3 aromatic rings. The van der Waals surface area contributed by atoms with Gasteiger partial charge < -0.3 is 9.64 Å². The van der Waals surface area contributed by atoms with Crippen LogP contribution in [0.15, 0.2) is 84.4 Å². The molecule has 0 spiro atoms. The van der Waals surface area contributed by atoms with Crippen molar-refractivity contribution in [2.24, 2.45) is 0 Å². The van der Waals surface area contributed by atoms with Gasteiger partial charge >= 0.3 is 0 Å².